The molecule has 154 valence electrons. The molecule has 1 saturated carbocycles. The number of nitrogens with zero attached hydrogens (tertiary/aromatic N) is 1. The summed E-state index contributed by atoms with van der Waals surface area (Å²) < 4.78 is 5.56. The van der Waals surface area contributed by atoms with Gasteiger partial charge in [0.25, 0.3) is 5.91 Å². The Morgan fingerprint density at radius 2 is 1.52 bits per heavy atom. The second-order valence-electron chi connectivity index (χ2n) is 7.66. The predicted octanol–water partition coefficient (Wildman–Crippen LogP) is 3.68. The molecule has 1 aliphatic rings. The highest BCUT2D eigenvalue weighted by Crippen LogP contribution is 2.23. The highest BCUT2D eigenvalue weighted by molar-refractivity contribution is 5.84. The van der Waals surface area contributed by atoms with Crippen LogP contribution in [-0.4, -0.2) is 35.0 Å². The van der Waals surface area contributed by atoms with Crippen LogP contribution in [0.25, 0.3) is 0 Å². The van der Waals surface area contributed by atoms with Crippen LogP contribution in [0.4, 0.5) is 0 Å². The van der Waals surface area contributed by atoms with Gasteiger partial charge in [0, 0.05) is 26.1 Å². The molecule has 5 heteroatoms. The SMILES string of the molecule is CC[C@@H]([C@H](OC(C)=O)C(=O)NC1CC1)N(Cc1ccccc1)Cc1ccccc1. The van der Waals surface area contributed by atoms with E-state index >= 15 is 0 Å². The lowest BCUT2D eigenvalue weighted by Gasteiger charge is -2.35. The number of benzene rings is 2. The van der Waals surface area contributed by atoms with E-state index in [4.69, 9.17) is 4.74 Å². The highest BCUT2D eigenvalue weighted by Gasteiger charge is 2.37. The fourth-order valence-electron chi connectivity index (χ4n) is 3.59. The van der Waals surface area contributed by atoms with Crippen molar-refractivity contribution in [2.45, 2.75) is 64.4 Å². The Morgan fingerprint density at radius 1 is 1.00 bits per heavy atom. The summed E-state index contributed by atoms with van der Waals surface area (Å²) in [5.41, 5.74) is 2.32. The van der Waals surface area contributed by atoms with Crippen LogP contribution in [-0.2, 0) is 27.4 Å². The van der Waals surface area contributed by atoms with Crippen molar-refractivity contribution >= 4 is 11.9 Å². The molecule has 0 radical (unpaired) electrons. The Balaban J connectivity index is 1.86. The molecule has 5 nitrogen and oxygen atoms in total. The summed E-state index contributed by atoms with van der Waals surface area (Å²) in [4.78, 5) is 27.0. The largest absolute Gasteiger partial charge is 0.451 e. The van der Waals surface area contributed by atoms with Crippen molar-refractivity contribution in [3.05, 3.63) is 71.8 Å². The Kier molecular flexibility index (Phi) is 7.42. The fourth-order valence-corrected chi connectivity index (χ4v) is 3.59. The van der Waals surface area contributed by atoms with Gasteiger partial charge in [-0.05, 0) is 30.4 Å². The van der Waals surface area contributed by atoms with E-state index in [1.165, 1.54) is 6.92 Å². The monoisotopic (exact) mass is 394 g/mol. The molecule has 0 bridgehead atoms. The molecule has 0 spiro atoms. The topological polar surface area (TPSA) is 58.6 Å². The van der Waals surface area contributed by atoms with Gasteiger partial charge in [0.1, 0.15) is 0 Å². The molecule has 2 aromatic carbocycles. The Labute approximate surface area is 173 Å². The number of hydrogen-bond acceptors (Lipinski definition) is 4. The zero-order chi connectivity index (χ0) is 20.6. The van der Waals surface area contributed by atoms with Gasteiger partial charge in [-0.15, -0.1) is 0 Å². The van der Waals surface area contributed by atoms with E-state index in [0.717, 1.165) is 24.0 Å². The summed E-state index contributed by atoms with van der Waals surface area (Å²) >= 11 is 0. The highest BCUT2D eigenvalue weighted by atomic mass is 16.5. The van der Waals surface area contributed by atoms with Crippen LogP contribution in [0.5, 0.6) is 0 Å². The van der Waals surface area contributed by atoms with E-state index in [1.807, 2.05) is 43.3 Å². The van der Waals surface area contributed by atoms with E-state index in [2.05, 4.69) is 34.5 Å². The number of esters is 1. The van der Waals surface area contributed by atoms with Gasteiger partial charge in [-0.3, -0.25) is 14.5 Å². The van der Waals surface area contributed by atoms with Gasteiger partial charge < -0.3 is 10.1 Å². The third-order valence-corrected chi connectivity index (χ3v) is 5.17. The first-order chi connectivity index (χ1) is 14.1. The zero-order valence-electron chi connectivity index (χ0n) is 17.2. The van der Waals surface area contributed by atoms with E-state index in [-0.39, 0.29) is 18.0 Å². The Hall–Kier alpha value is -2.66. The molecular formula is C24H30N2O3. The second kappa shape index (κ2) is 10.2. The molecule has 0 aromatic heterocycles. The van der Waals surface area contributed by atoms with Crippen LogP contribution in [0.15, 0.2) is 60.7 Å². The number of carbonyl (C=O) groups excluding carboxylic acids is 2. The van der Waals surface area contributed by atoms with Crippen molar-refractivity contribution in [2.24, 2.45) is 0 Å². The number of nitrogens with one attached hydrogen (secondary N) is 1. The third kappa shape index (κ3) is 6.43. The first-order valence-electron chi connectivity index (χ1n) is 10.4. The van der Waals surface area contributed by atoms with E-state index in [0.29, 0.717) is 19.5 Å². The molecule has 0 aliphatic heterocycles. The summed E-state index contributed by atoms with van der Waals surface area (Å²) in [6, 6.07) is 20.4. The quantitative estimate of drug-likeness (QED) is 0.625. The maximum Gasteiger partial charge on any atom is 0.303 e. The van der Waals surface area contributed by atoms with Crippen LogP contribution >= 0.6 is 0 Å². The van der Waals surface area contributed by atoms with E-state index < -0.39 is 12.1 Å². The summed E-state index contributed by atoms with van der Waals surface area (Å²) in [5, 5.41) is 3.01. The smallest absolute Gasteiger partial charge is 0.303 e. The van der Waals surface area contributed by atoms with Crippen molar-refractivity contribution in [2.75, 3.05) is 0 Å². The van der Waals surface area contributed by atoms with Crippen molar-refractivity contribution in [3.8, 4) is 0 Å². The molecule has 1 aliphatic carbocycles. The number of carbonyl (C=O) groups is 2. The maximum absolute atomic E-state index is 12.9. The Bertz CT molecular complexity index is 749. The van der Waals surface area contributed by atoms with Gasteiger partial charge in [-0.2, -0.15) is 0 Å². The lowest BCUT2D eigenvalue weighted by atomic mass is 10.0. The summed E-state index contributed by atoms with van der Waals surface area (Å²) in [6.07, 6.45) is 1.85. The molecule has 29 heavy (non-hydrogen) atoms. The zero-order valence-corrected chi connectivity index (χ0v) is 17.2. The minimum atomic E-state index is -0.828. The van der Waals surface area contributed by atoms with Gasteiger partial charge in [-0.1, -0.05) is 67.6 Å². The van der Waals surface area contributed by atoms with Gasteiger partial charge in [0.2, 0.25) is 0 Å². The van der Waals surface area contributed by atoms with Crippen LogP contribution in [0.3, 0.4) is 0 Å². The molecule has 2 atom stereocenters. The lowest BCUT2D eigenvalue weighted by Crippen LogP contribution is -2.52. The number of rotatable bonds is 10. The molecule has 3 rings (SSSR count). The van der Waals surface area contributed by atoms with E-state index in [1.54, 1.807) is 0 Å². The third-order valence-electron chi connectivity index (χ3n) is 5.17. The average Bonchev–Trinajstić information content (AvgIpc) is 3.53. The molecule has 0 saturated heterocycles. The lowest BCUT2D eigenvalue weighted by molar-refractivity contribution is -0.159. The average molecular weight is 395 g/mol. The summed E-state index contributed by atoms with van der Waals surface area (Å²) in [6.45, 7) is 4.74. The van der Waals surface area contributed by atoms with Crippen LogP contribution < -0.4 is 5.32 Å². The molecule has 0 unspecified atom stereocenters. The molecule has 1 fully saturated rings. The van der Waals surface area contributed by atoms with Crippen molar-refractivity contribution < 1.29 is 14.3 Å². The normalized spacial score (nSPS) is 15.6. The standard InChI is InChI=1S/C24H30N2O3/c1-3-22(23(29-18(2)27)24(28)25-21-14-15-21)26(16-19-10-6-4-7-11-19)17-20-12-8-5-9-13-20/h4-13,21-23H,3,14-17H2,1-2H3,(H,25,28)/t22-,23-/m0/s1. The van der Waals surface area contributed by atoms with Crippen molar-refractivity contribution in [1.29, 1.82) is 0 Å². The van der Waals surface area contributed by atoms with Crippen molar-refractivity contribution in [3.63, 3.8) is 0 Å². The maximum atomic E-state index is 12.9. The second-order valence-corrected chi connectivity index (χ2v) is 7.66. The van der Waals surface area contributed by atoms with Crippen LogP contribution in [0, 0.1) is 0 Å². The van der Waals surface area contributed by atoms with Crippen molar-refractivity contribution in [1.82, 2.24) is 10.2 Å². The fraction of sp³-hybridized carbons (Fsp3) is 0.417. The van der Waals surface area contributed by atoms with Gasteiger partial charge in [0.05, 0.1) is 6.04 Å². The first kappa shape index (κ1) is 21.1. The van der Waals surface area contributed by atoms with E-state index in [9.17, 15) is 9.59 Å². The minimum Gasteiger partial charge on any atom is -0.451 e. The van der Waals surface area contributed by atoms with Gasteiger partial charge in [0.15, 0.2) is 6.10 Å². The summed E-state index contributed by atoms with van der Waals surface area (Å²) in [7, 11) is 0. The minimum absolute atomic E-state index is 0.194. The number of amides is 1. The van der Waals surface area contributed by atoms with Crippen LogP contribution in [0.2, 0.25) is 0 Å². The molecule has 0 heterocycles. The molecular weight excluding hydrogens is 364 g/mol. The number of hydrogen-bond donors (Lipinski definition) is 1. The molecule has 2 aromatic rings. The molecule has 1 amide bonds. The Morgan fingerprint density at radius 3 is 1.93 bits per heavy atom. The summed E-state index contributed by atoms with van der Waals surface area (Å²) in [5.74, 6) is -0.626. The van der Waals surface area contributed by atoms with Crippen LogP contribution in [0.1, 0.15) is 44.2 Å². The van der Waals surface area contributed by atoms with Gasteiger partial charge >= 0.3 is 5.97 Å². The van der Waals surface area contributed by atoms with Gasteiger partial charge in [-0.25, -0.2) is 0 Å². The predicted molar refractivity (Wildman–Crippen MR) is 113 cm³/mol. The number of ether oxygens (including phenoxy) is 1. The first-order valence-corrected chi connectivity index (χ1v) is 10.4. The molecule has 1 N–H and O–H groups in total.